The summed E-state index contributed by atoms with van der Waals surface area (Å²) in [5.41, 5.74) is 0.804. The van der Waals surface area contributed by atoms with Crippen LogP contribution in [-0.2, 0) is 0 Å². The van der Waals surface area contributed by atoms with E-state index >= 15 is 0 Å². The highest BCUT2D eigenvalue weighted by Gasteiger charge is 2.32. The predicted octanol–water partition coefficient (Wildman–Crippen LogP) is 3.34. The van der Waals surface area contributed by atoms with Crippen molar-refractivity contribution in [3.8, 4) is 0 Å². The lowest BCUT2D eigenvalue weighted by Crippen LogP contribution is -2.28. The van der Waals surface area contributed by atoms with Crippen molar-refractivity contribution in [2.45, 2.75) is 51.5 Å². The fourth-order valence-corrected chi connectivity index (χ4v) is 3.11. The van der Waals surface area contributed by atoms with Crippen molar-refractivity contribution < 1.29 is 9.90 Å². The molecular weight excluding hydrogens is 248 g/mol. The largest absolute Gasteiger partial charge is 0.477 e. The van der Waals surface area contributed by atoms with E-state index in [1.165, 1.54) is 11.3 Å². The molecule has 1 saturated carbocycles. The van der Waals surface area contributed by atoms with E-state index in [9.17, 15) is 9.90 Å². The van der Waals surface area contributed by atoms with Crippen molar-refractivity contribution in [2.75, 3.05) is 11.9 Å². The number of rotatable bonds is 6. The van der Waals surface area contributed by atoms with Gasteiger partial charge in [-0.2, -0.15) is 0 Å². The van der Waals surface area contributed by atoms with Gasteiger partial charge in [0.15, 0.2) is 5.13 Å². The number of thiazole rings is 1. The predicted molar refractivity (Wildman–Crippen MR) is 73.8 cm³/mol. The Hall–Kier alpha value is -1.10. The number of aromatic carboxylic acids is 1. The first-order valence-electron chi connectivity index (χ1n) is 6.51. The van der Waals surface area contributed by atoms with E-state index in [2.05, 4.69) is 23.7 Å². The number of nitrogens with zero attached hydrogens (tertiary/aromatic N) is 2. The van der Waals surface area contributed by atoms with Gasteiger partial charge in [-0.15, -0.1) is 0 Å². The highest BCUT2D eigenvalue weighted by atomic mass is 32.1. The van der Waals surface area contributed by atoms with Crippen molar-refractivity contribution in [1.29, 1.82) is 0 Å². The quantitative estimate of drug-likeness (QED) is 0.859. The van der Waals surface area contributed by atoms with Gasteiger partial charge < -0.3 is 10.0 Å². The molecule has 4 nitrogen and oxygen atoms in total. The third-order valence-corrected chi connectivity index (χ3v) is 4.62. The fourth-order valence-electron chi connectivity index (χ4n) is 2.06. The van der Waals surface area contributed by atoms with Gasteiger partial charge in [0.25, 0.3) is 0 Å². The number of hydrogen-bond donors (Lipinski definition) is 1. The van der Waals surface area contributed by atoms with Crippen LogP contribution in [0.25, 0.3) is 0 Å². The molecule has 1 atom stereocenters. The second-order valence-electron chi connectivity index (χ2n) is 5.04. The van der Waals surface area contributed by atoms with Gasteiger partial charge in [0, 0.05) is 19.0 Å². The van der Waals surface area contributed by atoms with E-state index in [1.807, 2.05) is 7.05 Å². The van der Waals surface area contributed by atoms with Gasteiger partial charge >= 0.3 is 5.97 Å². The molecule has 1 aromatic rings. The van der Waals surface area contributed by atoms with E-state index < -0.39 is 5.97 Å². The molecule has 18 heavy (non-hydrogen) atoms. The van der Waals surface area contributed by atoms with Crippen molar-refractivity contribution in [3.05, 3.63) is 10.6 Å². The molecule has 100 valence electrons. The van der Waals surface area contributed by atoms with E-state index in [0.29, 0.717) is 16.8 Å². The second kappa shape index (κ2) is 5.26. The summed E-state index contributed by atoms with van der Waals surface area (Å²) in [6, 6.07) is 0.398. The maximum absolute atomic E-state index is 11.2. The zero-order chi connectivity index (χ0) is 13.3. The molecule has 0 radical (unpaired) electrons. The van der Waals surface area contributed by atoms with Gasteiger partial charge in [-0.3, -0.25) is 0 Å². The molecule has 0 amide bonds. The molecule has 0 aliphatic heterocycles. The maximum Gasteiger partial charge on any atom is 0.347 e. The zero-order valence-electron chi connectivity index (χ0n) is 11.1. The fraction of sp³-hybridized carbons (Fsp3) is 0.692. The van der Waals surface area contributed by atoms with E-state index in [1.54, 1.807) is 0 Å². The number of carboxylic acids is 1. The molecule has 1 heterocycles. The monoisotopic (exact) mass is 268 g/mol. The lowest BCUT2D eigenvalue weighted by Gasteiger charge is -2.23. The summed E-state index contributed by atoms with van der Waals surface area (Å²) in [5.74, 6) is -0.451. The van der Waals surface area contributed by atoms with Crippen LogP contribution in [0.3, 0.4) is 0 Å². The molecule has 0 saturated heterocycles. The van der Waals surface area contributed by atoms with E-state index in [4.69, 9.17) is 0 Å². The minimum Gasteiger partial charge on any atom is -0.477 e. The Morgan fingerprint density at radius 2 is 2.28 bits per heavy atom. The first-order chi connectivity index (χ1) is 8.54. The first kappa shape index (κ1) is 13.3. The molecule has 1 fully saturated rings. The standard InChI is InChI=1S/C13H20N2O2S/c1-4-5-8(2)15(3)13-14-10(9-6-7-9)11(18-13)12(16)17/h8-9H,4-7H2,1-3H3,(H,16,17). The Kier molecular flexibility index (Phi) is 3.90. The summed E-state index contributed by atoms with van der Waals surface area (Å²) in [6.07, 6.45) is 4.38. The van der Waals surface area contributed by atoms with Crippen molar-refractivity contribution in [3.63, 3.8) is 0 Å². The molecule has 0 aromatic carbocycles. The zero-order valence-corrected chi connectivity index (χ0v) is 12.0. The number of carboxylic acid groups (broad SMARTS) is 1. The Morgan fingerprint density at radius 3 is 2.78 bits per heavy atom. The number of carbonyl (C=O) groups is 1. The van der Waals surface area contributed by atoms with Gasteiger partial charge in [0.2, 0.25) is 0 Å². The number of hydrogen-bond acceptors (Lipinski definition) is 4. The normalized spacial score (nSPS) is 16.6. The first-order valence-corrected chi connectivity index (χ1v) is 7.33. The minimum atomic E-state index is -0.836. The second-order valence-corrected chi connectivity index (χ2v) is 6.02. The van der Waals surface area contributed by atoms with Crippen molar-refractivity contribution in [1.82, 2.24) is 4.98 Å². The highest BCUT2D eigenvalue weighted by molar-refractivity contribution is 7.17. The third-order valence-electron chi connectivity index (χ3n) is 3.47. The SMILES string of the molecule is CCCC(C)N(C)c1nc(C2CC2)c(C(=O)O)s1. The van der Waals surface area contributed by atoms with E-state index in [-0.39, 0.29) is 0 Å². The van der Waals surface area contributed by atoms with Crippen LogP contribution in [0.15, 0.2) is 0 Å². The average Bonchev–Trinajstić information content (AvgIpc) is 3.07. The van der Waals surface area contributed by atoms with Gasteiger partial charge in [0.05, 0.1) is 5.69 Å². The molecular formula is C13H20N2O2S. The van der Waals surface area contributed by atoms with Crippen molar-refractivity contribution >= 4 is 22.4 Å². The topological polar surface area (TPSA) is 53.4 Å². The van der Waals surface area contributed by atoms with Gasteiger partial charge in [-0.05, 0) is 26.2 Å². The van der Waals surface area contributed by atoms with Crippen LogP contribution in [0.1, 0.15) is 60.8 Å². The molecule has 1 aliphatic rings. The molecule has 1 aliphatic carbocycles. The van der Waals surface area contributed by atoms with Crippen molar-refractivity contribution in [2.24, 2.45) is 0 Å². The van der Waals surface area contributed by atoms with Crippen LogP contribution in [0, 0.1) is 0 Å². The molecule has 1 N–H and O–H groups in total. The summed E-state index contributed by atoms with van der Waals surface area (Å²) >= 11 is 1.31. The molecule has 0 bridgehead atoms. The molecule has 2 rings (SSSR count). The van der Waals surface area contributed by atoms with Crippen LogP contribution in [0.4, 0.5) is 5.13 Å². The van der Waals surface area contributed by atoms with Crippen LogP contribution < -0.4 is 4.90 Å². The average molecular weight is 268 g/mol. The Bertz CT molecular complexity index is 440. The van der Waals surface area contributed by atoms with Gasteiger partial charge in [0.1, 0.15) is 4.88 Å². The maximum atomic E-state index is 11.2. The number of anilines is 1. The summed E-state index contributed by atoms with van der Waals surface area (Å²) in [5, 5.41) is 10.1. The third kappa shape index (κ3) is 2.66. The molecule has 0 spiro atoms. The van der Waals surface area contributed by atoms with Gasteiger partial charge in [-0.25, -0.2) is 9.78 Å². The van der Waals surface area contributed by atoms with Crippen LogP contribution in [-0.4, -0.2) is 29.1 Å². The summed E-state index contributed by atoms with van der Waals surface area (Å²) in [6.45, 7) is 4.31. The Morgan fingerprint density at radius 1 is 1.61 bits per heavy atom. The molecule has 5 heteroatoms. The van der Waals surface area contributed by atoms with Crippen LogP contribution >= 0.6 is 11.3 Å². The Balaban J connectivity index is 2.23. The summed E-state index contributed by atoms with van der Waals surface area (Å²) < 4.78 is 0. The molecule has 1 unspecified atom stereocenters. The highest BCUT2D eigenvalue weighted by Crippen LogP contribution is 2.44. The van der Waals surface area contributed by atoms with Gasteiger partial charge in [-0.1, -0.05) is 24.7 Å². The summed E-state index contributed by atoms with van der Waals surface area (Å²) in [4.78, 5) is 18.3. The smallest absolute Gasteiger partial charge is 0.347 e. The van der Waals surface area contributed by atoms with Crippen LogP contribution in [0.5, 0.6) is 0 Å². The minimum absolute atomic E-state index is 0.385. The molecule has 1 aromatic heterocycles. The lowest BCUT2D eigenvalue weighted by molar-refractivity contribution is 0.0700. The lowest BCUT2D eigenvalue weighted by atomic mass is 10.2. The Labute approximate surface area is 112 Å². The van der Waals surface area contributed by atoms with Crippen LogP contribution in [0.2, 0.25) is 0 Å². The number of aromatic nitrogens is 1. The summed E-state index contributed by atoms with van der Waals surface area (Å²) in [7, 11) is 2.00. The van der Waals surface area contributed by atoms with E-state index in [0.717, 1.165) is 36.5 Å².